The first-order chi connectivity index (χ1) is 13.6. The molecule has 2 nitrogen and oxygen atoms in total. The average molecular weight is 470 g/mol. The Bertz CT molecular complexity index is 702. The number of aryl methyl sites for hydroxylation is 2. The van der Waals surface area contributed by atoms with Crippen LogP contribution in [-0.2, 0) is 39.3 Å². The van der Waals surface area contributed by atoms with Crippen LogP contribution >= 0.6 is 0 Å². The van der Waals surface area contributed by atoms with Crippen molar-refractivity contribution >= 4 is 0 Å². The molecule has 3 rings (SSSR count). The molecule has 0 aliphatic carbocycles. The first kappa shape index (κ1) is 24.6. The molecule has 1 fully saturated rings. The predicted octanol–water partition coefficient (Wildman–Crippen LogP) is 6.44. The Morgan fingerprint density at radius 3 is 2.00 bits per heavy atom. The summed E-state index contributed by atoms with van der Waals surface area (Å²) in [5.74, 6) is 1.09. The van der Waals surface area contributed by atoms with Crippen molar-refractivity contribution in [2.45, 2.75) is 71.9 Å². The van der Waals surface area contributed by atoms with E-state index in [-0.39, 0.29) is 32.7 Å². The zero-order valence-electron chi connectivity index (χ0n) is 18.7. The Kier molecular flexibility index (Phi) is 10.4. The molecule has 2 aromatic carbocycles. The summed E-state index contributed by atoms with van der Waals surface area (Å²) in [4.78, 5) is 0. The molecule has 1 unspecified atom stereocenters. The Morgan fingerprint density at radius 1 is 0.828 bits per heavy atom. The zero-order valence-corrected chi connectivity index (χ0v) is 21.5. The predicted molar refractivity (Wildman–Crippen MR) is 119 cm³/mol. The number of para-hydroxylation sites is 1. The molecule has 3 heteroatoms. The fourth-order valence-electron chi connectivity index (χ4n) is 4.96. The molecule has 0 aromatic heterocycles. The van der Waals surface area contributed by atoms with Gasteiger partial charge in [0.05, 0.1) is 13.1 Å². The molecular formula is C26H38NOY+. The van der Waals surface area contributed by atoms with Crippen LogP contribution in [0.4, 0.5) is 0 Å². The van der Waals surface area contributed by atoms with Crippen molar-refractivity contribution in [3.8, 4) is 5.75 Å². The van der Waals surface area contributed by atoms with Crippen LogP contribution in [0.1, 0.15) is 62.1 Å². The molecular weight excluding hydrogens is 431 g/mol. The Morgan fingerprint density at radius 2 is 1.41 bits per heavy atom. The second kappa shape index (κ2) is 12.2. The fraction of sp³-hybridized carbons (Fsp3) is 0.538. The van der Waals surface area contributed by atoms with Gasteiger partial charge in [0.2, 0.25) is 0 Å². The van der Waals surface area contributed by atoms with Gasteiger partial charge in [0, 0.05) is 44.7 Å². The SMILES string of the molecule is CCC(COc1c(C)cccc1C)[N+]1(Cc2ccccc2)CCCCCCC1.[Y]. The maximum Gasteiger partial charge on any atom is 0.140 e. The van der Waals surface area contributed by atoms with Crippen molar-refractivity contribution in [2.75, 3.05) is 19.7 Å². The summed E-state index contributed by atoms with van der Waals surface area (Å²) in [5.41, 5.74) is 3.96. The molecule has 29 heavy (non-hydrogen) atoms. The molecule has 1 aliphatic heterocycles. The number of ether oxygens (including phenoxy) is 1. The van der Waals surface area contributed by atoms with E-state index in [0.29, 0.717) is 6.04 Å². The number of rotatable bonds is 7. The van der Waals surface area contributed by atoms with Crippen LogP contribution in [0, 0.1) is 13.8 Å². The summed E-state index contributed by atoms with van der Waals surface area (Å²) < 4.78 is 7.68. The van der Waals surface area contributed by atoms with Crippen LogP contribution in [0.25, 0.3) is 0 Å². The molecule has 1 radical (unpaired) electrons. The summed E-state index contributed by atoms with van der Waals surface area (Å²) in [7, 11) is 0. The van der Waals surface area contributed by atoms with E-state index in [1.165, 1.54) is 66.4 Å². The van der Waals surface area contributed by atoms with Gasteiger partial charge in [-0.25, -0.2) is 0 Å². The van der Waals surface area contributed by atoms with E-state index in [2.05, 4.69) is 69.3 Å². The Labute approximate surface area is 203 Å². The van der Waals surface area contributed by atoms with Gasteiger partial charge in [-0.15, -0.1) is 0 Å². The van der Waals surface area contributed by atoms with E-state index in [9.17, 15) is 0 Å². The monoisotopic (exact) mass is 469 g/mol. The van der Waals surface area contributed by atoms with Gasteiger partial charge in [-0.3, -0.25) is 0 Å². The standard InChI is InChI=1S/C26H38NO.Y/c1-4-25(21-28-26-22(2)14-13-15-23(26)3)27(18-11-6-5-7-12-19-27)20-24-16-9-8-10-17-24;/h8-10,13-17,25H,4-7,11-12,18-21H2,1-3H3;/q+1;. The number of nitrogens with zero attached hydrogens (tertiary/aromatic N) is 1. The minimum atomic E-state index is 0. The van der Waals surface area contributed by atoms with Gasteiger partial charge in [0.1, 0.15) is 24.9 Å². The molecule has 0 amide bonds. The minimum absolute atomic E-state index is 0. The first-order valence-corrected chi connectivity index (χ1v) is 11.2. The normalized spacial score (nSPS) is 17.5. The van der Waals surface area contributed by atoms with E-state index in [4.69, 9.17) is 4.74 Å². The first-order valence-electron chi connectivity index (χ1n) is 11.2. The molecule has 1 aliphatic rings. The van der Waals surface area contributed by atoms with Crippen LogP contribution in [0.3, 0.4) is 0 Å². The zero-order chi connectivity index (χ0) is 19.8. The van der Waals surface area contributed by atoms with Crippen molar-refractivity contribution in [1.29, 1.82) is 0 Å². The Hall–Kier alpha value is -0.696. The fourth-order valence-corrected chi connectivity index (χ4v) is 4.96. The third kappa shape index (κ3) is 6.64. The number of hydrogen-bond acceptors (Lipinski definition) is 1. The summed E-state index contributed by atoms with van der Waals surface area (Å²) in [6.07, 6.45) is 8.00. The second-order valence-corrected chi connectivity index (χ2v) is 8.67. The number of benzene rings is 2. The molecule has 0 N–H and O–H groups in total. The summed E-state index contributed by atoms with van der Waals surface area (Å²) in [5, 5.41) is 0. The largest absolute Gasteiger partial charge is 0.487 e. The molecule has 0 spiro atoms. The molecule has 1 atom stereocenters. The molecule has 1 heterocycles. The molecule has 155 valence electrons. The van der Waals surface area contributed by atoms with E-state index < -0.39 is 0 Å². The third-order valence-corrected chi connectivity index (χ3v) is 6.62. The van der Waals surface area contributed by atoms with Crippen LogP contribution < -0.4 is 4.74 Å². The van der Waals surface area contributed by atoms with Crippen LogP contribution in [-0.4, -0.2) is 30.2 Å². The van der Waals surface area contributed by atoms with Gasteiger partial charge in [-0.1, -0.05) is 61.9 Å². The summed E-state index contributed by atoms with van der Waals surface area (Å²) in [6.45, 7) is 11.2. The van der Waals surface area contributed by atoms with Gasteiger partial charge >= 0.3 is 0 Å². The van der Waals surface area contributed by atoms with E-state index in [0.717, 1.165) is 25.3 Å². The second-order valence-electron chi connectivity index (χ2n) is 8.67. The van der Waals surface area contributed by atoms with Crippen molar-refractivity contribution in [2.24, 2.45) is 0 Å². The van der Waals surface area contributed by atoms with Crippen LogP contribution in [0.15, 0.2) is 48.5 Å². The molecule has 0 saturated carbocycles. The molecule has 0 bridgehead atoms. The summed E-state index contributed by atoms with van der Waals surface area (Å²) >= 11 is 0. The van der Waals surface area contributed by atoms with Gasteiger partial charge in [-0.05, 0) is 50.7 Å². The van der Waals surface area contributed by atoms with Gasteiger partial charge in [-0.2, -0.15) is 0 Å². The molecule has 1 saturated heterocycles. The average Bonchev–Trinajstić information content (AvgIpc) is 2.68. The van der Waals surface area contributed by atoms with Crippen molar-refractivity contribution < 1.29 is 41.9 Å². The minimum Gasteiger partial charge on any atom is -0.487 e. The third-order valence-electron chi connectivity index (χ3n) is 6.62. The maximum absolute atomic E-state index is 6.49. The molecule has 2 aromatic rings. The van der Waals surface area contributed by atoms with Crippen molar-refractivity contribution in [3.63, 3.8) is 0 Å². The number of hydrogen-bond donors (Lipinski definition) is 0. The topological polar surface area (TPSA) is 9.23 Å². The van der Waals surface area contributed by atoms with Crippen molar-refractivity contribution in [1.82, 2.24) is 0 Å². The van der Waals surface area contributed by atoms with Crippen LogP contribution in [0.2, 0.25) is 0 Å². The smallest absolute Gasteiger partial charge is 0.140 e. The Balaban J connectivity index is 0.00000300. The maximum atomic E-state index is 6.49. The van der Waals surface area contributed by atoms with Crippen LogP contribution in [0.5, 0.6) is 5.75 Å². The van der Waals surface area contributed by atoms with Crippen molar-refractivity contribution in [3.05, 3.63) is 65.2 Å². The number of quaternary nitrogens is 1. The number of likely N-dealkylation sites (tertiary alicyclic amines) is 1. The van der Waals surface area contributed by atoms with Gasteiger partial charge < -0.3 is 9.22 Å². The van der Waals surface area contributed by atoms with E-state index in [1.807, 2.05) is 0 Å². The van der Waals surface area contributed by atoms with Gasteiger partial charge in [0.25, 0.3) is 0 Å². The van der Waals surface area contributed by atoms with E-state index >= 15 is 0 Å². The van der Waals surface area contributed by atoms with Gasteiger partial charge in [0.15, 0.2) is 0 Å². The quantitative estimate of drug-likeness (QED) is 0.424. The van der Waals surface area contributed by atoms with E-state index in [1.54, 1.807) is 0 Å². The summed E-state index contributed by atoms with van der Waals surface area (Å²) in [6, 6.07) is 18.1.